The van der Waals surface area contributed by atoms with Crippen molar-refractivity contribution in [2.75, 3.05) is 19.8 Å². The Bertz CT molecular complexity index is 533. The fraction of sp³-hybridized carbons (Fsp3) is 0.294. The first-order valence-corrected chi connectivity index (χ1v) is 6.97. The van der Waals surface area contributed by atoms with E-state index in [1.165, 1.54) is 5.56 Å². The minimum absolute atomic E-state index is 0.372. The summed E-state index contributed by atoms with van der Waals surface area (Å²) in [5.74, 6) is 0.372. The van der Waals surface area contributed by atoms with Crippen LogP contribution in [0.1, 0.15) is 11.1 Å². The Morgan fingerprint density at radius 3 is 1.73 bits per heavy atom. The molecule has 22 heavy (non-hydrogen) atoms. The molecular formula is C17H23NO4. The van der Waals surface area contributed by atoms with Gasteiger partial charge < -0.3 is 26.2 Å². The zero-order chi connectivity index (χ0) is 16.4. The predicted octanol–water partition coefficient (Wildman–Crippen LogP) is 0.644. The molecule has 0 fully saturated rings. The number of nitrogens with two attached hydrogens (primary N) is 1. The molecular weight excluding hydrogens is 282 g/mol. The molecule has 0 atom stereocenters. The van der Waals surface area contributed by atoms with Crippen LogP contribution in [0, 0.1) is 0 Å². The maximum Gasteiger partial charge on any atom is 0.119 e. The monoisotopic (exact) mass is 305 g/mol. The van der Waals surface area contributed by atoms with Crippen molar-refractivity contribution < 1.29 is 20.4 Å². The van der Waals surface area contributed by atoms with Crippen LogP contribution >= 0.6 is 0 Å². The van der Waals surface area contributed by atoms with Gasteiger partial charge in [0.2, 0.25) is 0 Å². The molecule has 0 aliphatic heterocycles. The first-order chi connectivity index (χ1) is 10.5. The van der Waals surface area contributed by atoms with Gasteiger partial charge in [0.25, 0.3) is 0 Å². The van der Waals surface area contributed by atoms with Crippen molar-refractivity contribution in [3.8, 4) is 5.75 Å². The van der Waals surface area contributed by atoms with Crippen molar-refractivity contribution in [3.63, 3.8) is 0 Å². The normalized spacial score (nSPS) is 10.7. The van der Waals surface area contributed by atoms with Gasteiger partial charge in [-0.25, -0.2) is 0 Å². The molecule has 2 rings (SSSR count). The molecule has 5 nitrogen and oxygen atoms in total. The van der Waals surface area contributed by atoms with Gasteiger partial charge in [-0.3, -0.25) is 0 Å². The lowest BCUT2D eigenvalue weighted by Gasteiger charge is -2.20. The van der Waals surface area contributed by atoms with Crippen molar-refractivity contribution in [1.82, 2.24) is 0 Å². The van der Waals surface area contributed by atoms with E-state index in [4.69, 9.17) is 21.1 Å². The van der Waals surface area contributed by atoms with Gasteiger partial charge in [-0.2, -0.15) is 0 Å². The second kappa shape index (κ2) is 9.17. The molecule has 0 spiro atoms. The number of hydrogen-bond acceptors (Lipinski definition) is 5. The van der Waals surface area contributed by atoms with Crippen LogP contribution in [0.5, 0.6) is 5.75 Å². The molecule has 0 aliphatic carbocycles. The molecule has 0 radical (unpaired) electrons. The predicted molar refractivity (Wildman–Crippen MR) is 85.5 cm³/mol. The highest BCUT2D eigenvalue weighted by Crippen LogP contribution is 2.19. The summed E-state index contributed by atoms with van der Waals surface area (Å²) in [5.41, 5.74) is 6.13. The maximum atomic E-state index is 9.57. The summed E-state index contributed by atoms with van der Waals surface area (Å²) >= 11 is 0. The number of aliphatic hydroxyl groups excluding tert-OH is 3. The molecule has 0 aromatic heterocycles. The number of para-hydroxylation sites is 1. The van der Waals surface area contributed by atoms with Gasteiger partial charge in [-0.1, -0.05) is 48.5 Å². The molecule has 2 aromatic carbocycles. The van der Waals surface area contributed by atoms with Crippen molar-refractivity contribution in [2.45, 2.75) is 12.0 Å². The van der Waals surface area contributed by atoms with Crippen molar-refractivity contribution in [2.24, 2.45) is 5.73 Å². The first-order valence-electron chi connectivity index (χ1n) is 6.97. The highest BCUT2D eigenvalue weighted by molar-refractivity contribution is 5.36. The Hall–Kier alpha value is -1.92. The Morgan fingerprint density at radius 1 is 0.773 bits per heavy atom. The third-order valence-corrected chi connectivity index (χ3v) is 3.17. The molecule has 0 aliphatic rings. The molecule has 0 saturated carbocycles. The van der Waals surface area contributed by atoms with E-state index in [2.05, 4.69) is 12.1 Å². The SMILES string of the molecule is NC(CO)(CO)CO.Oc1ccccc1Cc1ccccc1. The van der Waals surface area contributed by atoms with Crippen molar-refractivity contribution >= 4 is 0 Å². The van der Waals surface area contributed by atoms with E-state index < -0.39 is 25.4 Å². The largest absolute Gasteiger partial charge is 0.508 e. The van der Waals surface area contributed by atoms with Crippen molar-refractivity contribution in [1.29, 1.82) is 0 Å². The van der Waals surface area contributed by atoms with Crippen molar-refractivity contribution in [3.05, 3.63) is 65.7 Å². The van der Waals surface area contributed by atoms with Crippen LogP contribution in [0.4, 0.5) is 0 Å². The smallest absolute Gasteiger partial charge is 0.119 e. The fourth-order valence-corrected chi connectivity index (χ4v) is 1.63. The zero-order valence-corrected chi connectivity index (χ0v) is 12.4. The second-order valence-corrected chi connectivity index (χ2v) is 5.13. The van der Waals surface area contributed by atoms with Gasteiger partial charge in [-0.05, 0) is 17.2 Å². The second-order valence-electron chi connectivity index (χ2n) is 5.13. The number of phenols is 1. The molecule has 0 saturated heterocycles. The number of aromatic hydroxyl groups is 1. The average Bonchev–Trinajstić information content (AvgIpc) is 2.58. The molecule has 0 unspecified atom stereocenters. The van der Waals surface area contributed by atoms with E-state index in [0.717, 1.165) is 12.0 Å². The summed E-state index contributed by atoms with van der Waals surface area (Å²) in [5, 5.41) is 34.6. The maximum absolute atomic E-state index is 9.57. The number of phenolic OH excluding ortho intramolecular Hbond substituents is 1. The van der Waals surface area contributed by atoms with Crippen LogP contribution in [0.3, 0.4) is 0 Å². The van der Waals surface area contributed by atoms with Gasteiger partial charge in [0.05, 0.1) is 25.4 Å². The van der Waals surface area contributed by atoms with Crippen LogP contribution in [0.2, 0.25) is 0 Å². The van der Waals surface area contributed by atoms with E-state index >= 15 is 0 Å². The van der Waals surface area contributed by atoms with Crippen LogP contribution in [0.25, 0.3) is 0 Å². The van der Waals surface area contributed by atoms with Gasteiger partial charge in [-0.15, -0.1) is 0 Å². The summed E-state index contributed by atoms with van der Waals surface area (Å²) in [6.07, 6.45) is 0.785. The highest BCUT2D eigenvalue weighted by atomic mass is 16.3. The van der Waals surface area contributed by atoms with E-state index in [1.807, 2.05) is 36.4 Å². The molecule has 120 valence electrons. The number of aliphatic hydroxyl groups is 3. The third kappa shape index (κ3) is 5.83. The van der Waals surface area contributed by atoms with Crippen LogP contribution in [-0.2, 0) is 6.42 Å². The lowest BCUT2D eigenvalue weighted by molar-refractivity contribution is 0.0698. The minimum Gasteiger partial charge on any atom is -0.508 e. The van der Waals surface area contributed by atoms with Crippen LogP contribution < -0.4 is 5.73 Å². The lowest BCUT2D eigenvalue weighted by atomic mass is 10.0. The lowest BCUT2D eigenvalue weighted by Crippen LogP contribution is -2.50. The first kappa shape index (κ1) is 18.1. The highest BCUT2D eigenvalue weighted by Gasteiger charge is 2.20. The quantitative estimate of drug-likeness (QED) is 0.557. The van der Waals surface area contributed by atoms with E-state index in [-0.39, 0.29) is 0 Å². The summed E-state index contributed by atoms with van der Waals surface area (Å²) < 4.78 is 0. The average molecular weight is 305 g/mol. The third-order valence-electron chi connectivity index (χ3n) is 3.17. The Kier molecular flexibility index (Phi) is 7.56. The summed E-state index contributed by atoms with van der Waals surface area (Å²) in [4.78, 5) is 0. The number of benzene rings is 2. The van der Waals surface area contributed by atoms with Crippen LogP contribution in [0.15, 0.2) is 54.6 Å². The van der Waals surface area contributed by atoms with Gasteiger partial charge in [0.15, 0.2) is 0 Å². The fourth-order valence-electron chi connectivity index (χ4n) is 1.63. The minimum atomic E-state index is -1.21. The van der Waals surface area contributed by atoms with Gasteiger partial charge in [0, 0.05) is 6.42 Å². The van der Waals surface area contributed by atoms with E-state index in [9.17, 15) is 5.11 Å². The molecule has 2 aromatic rings. The summed E-state index contributed by atoms with van der Waals surface area (Å²) in [6, 6.07) is 17.6. The molecule has 6 N–H and O–H groups in total. The van der Waals surface area contributed by atoms with Gasteiger partial charge in [0.1, 0.15) is 5.75 Å². The van der Waals surface area contributed by atoms with Gasteiger partial charge >= 0.3 is 0 Å². The number of rotatable bonds is 5. The summed E-state index contributed by atoms with van der Waals surface area (Å²) in [6.45, 7) is -1.21. The Labute approximate surface area is 130 Å². The standard InChI is InChI=1S/C13H12O.C4H11NO3/c14-13-9-5-4-8-12(13)10-11-6-2-1-3-7-11;5-4(1-6,2-7)3-8/h1-9,14H,10H2;6-8H,1-3,5H2. The molecule has 5 heteroatoms. The zero-order valence-electron chi connectivity index (χ0n) is 12.4. The molecule has 0 bridgehead atoms. The molecule has 0 heterocycles. The Balaban J connectivity index is 0.000000261. The van der Waals surface area contributed by atoms with E-state index in [1.54, 1.807) is 6.07 Å². The Morgan fingerprint density at radius 2 is 1.27 bits per heavy atom. The number of hydrogen-bond donors (Lipinski definition) is 5. The van der Waals surface area contributed by atoms with Crippen LogP contribution in [-0.4, -0.2) is 45.8 Å². The van der Waals surface area contributed by atoms with E-state index in [0.29, 0.717) is 5.75 Å². The molecule has 0 amide bonds. The topological polar surface area (TPSA) is 107 Å². The summed E-state index contributed by atoms with van der Waals surface area (Å²) in [7, 11) is 0.